The molecular formula is C6H15BiO3S6. The zero-order chi connectivity index (χ0) is 12.6. The summed E-state index contributed by atoms with van der Waals surface area (Å²) in [5.41, 5.74) is -0.0963. The van der Waals surface area contributed by atoms with E-state index in [2.05, 4.69) is 35.0 Å². The maximum absolute atomic E-state index is 5.70. The Hall–Kier alpha value is 2.86. The topological polar surface area (TPSA) is 27.7 Å². The summed E-state index contributed by atoms with van der Waals surface area (Å²) in [6.45, 7) is 5.76. The van der Waals surface area contributed by atoms with E-state index in [0.717, 1.165) is 0 Å². The third-order valence-corrected chi connectivity index (χ3v) is 12.4. The molecule has 3 nitrogen and oxygen atoms in total. The van der Waals surface area contributed by atoms with Crippen molar-refractivity contribution in [2.45, 2.75) is 37.1 Å². The summed E-state index contributed by atoms with van der Waals surface area (Å²) in [4.78, 5) is 0. The molecule has 0 fully saturated rings. The van der Waals surface area contributed by atoms with Gasteiger partial charge in [0.15, 0.2) is 0 Å². The maximum atomic E-state index is 5.70. The standard InChI is InChI=1S/3C2H5OS2.Bi/c3*1-2(3)5-4;/h3*2,4H,1H3;/q3*-1;+3. The molecule has 0 saturated heterocycles. The second-order valence-corrected chi connectivity index (χ2v) is 11.3. The molecular weight excluding hydrogens is 521 g/mol. The van der Waals surface area contributed by atoms with Gasteiger partial charge < -0.3 is 0 Å². The Bertz CT molecular complexity index is 150. The van der Waals surface area contributed by atoms with Crippen molar-refractivity contribution in [1.29, 1.82) is 0 Å². The molecule has 3 atom stereocenters. The average molecular weight is 537 g/mol. The van der Waals surface area contributed by atoms with E-state index >= 15 is 0 Å². The van der Waals surface area contributed by atoms with E-state index in [1.54, 1.807) is 0 Å². The van der Waals surface area contributed by atoms with Gasteiger partial charge in [-0.05, 0) is 0 Å². The van der Waals surface area contributed by atoms with Crippen molar-refractivity contribution in [2.75, 3.05) is 0 Å². The van der Waals surface area contributed by atoms with E-state index in [1.165, 1.54) is 32.4 Å². The molecule has 10 heteroatoms. The van der Waals surface area contributed by atoms with Gasteiger partial charge in [-0.3, -0.25) is 0 Å². The van der Waals surface area contributed by atoms with Crippen LogP contribution in [0.1, 0.15) is 20.8 Å². The van der Waals surface area contributed by atoms with E-state index < -0.39 is 23.1 Å². The molecule has 0 bridgehead atoms. The Morgan fingerprint density at radius 3 is 1.19 bits per heavy atom. The first-order valence-electron chi connectivity index (χ1n) is 4.24. The van der Waals surface area contributed by atoms with Gasteiger partial charge in [-0.15, -0.1) is 0 Å². The van der Waals surface area contributed by atoms with Crippen LogP contribution in [0.4, 0.5) is 0 Å². The fourth-order valence-electron chi connectivity index (χ4n) is 0.496. The van der Waals surface area contributed by atoms with Gasteiger partial charge in [-0.25, -0.2) is 0 Å². The molecule has 0 heterocycles. The Morgan fingerprint density at radius 1 is 0.750 bits per heavy atom. The van der Waals surface area contributed by atoms with Gasteiger partial charge in [0.05, 0.1) is 0 Å². The van der Waals surface area contributed by atoms with E-state index in [9.17, 15) is 0 Å². The van der Waals surface area contributed by atoms with Crippen molar-refractivity contribution >= 4 is 90.4 Å². The molecule has 0 rings (SSSR count). The number of hydrogen-bond donors (Lipinski definition) is 3. The molecule has 0 aliphatic rings. The van der Waals surface area contributed by atoms with Gasteiger partial charge in [-0.1, -0.05) is 0 Å². The van der Waals surface area contributed by atoms with Crippen LogP contribution in [0.15, 0.2) is 0 Å². The zero-order valence-corrected chi connectivity index (χ0v) is 17.6. The summed E-state index contributed by atoms with van der Waals surface area (Å²) in [5.74, 6) is 0. The number of thiol groups is 3. The Balaban J connectivity index is 4.15. The number of hydrogen-bond acceptors (Lipinski definition) is 9. The normalized spacial score (nSPS) is 17.4. The second kappa shape index (κ2) is 11.7. The molecule has 0 radical (unpaired) electrons. The quantitative estimate of drug-likeness (QED) is 0.180. The van der Waals surface area contributed by atoms with Crippen LogP contribution in [-0.2, 0) is 8.44 Å². The van der Waals surface area contributed by atoms with Crippen LogP contribution in [-0.4, -0.2) is 39.4 Å². The van der Waals surface area contributed by atoms with Crippen molar-refractivity contribution in [2.24, 2.45) is 0 Å². The Labute approximate surface area is 134 Å². The van der Waals surface area contributed by atoms with Gasteiger partial charge >= 0.3 is 136 Å². The SMILES string of the molecule is CC([O][Bi]([O]C(C)SS)[O]C(C)SS)SS. The molecule has 0 aromatic rings. The fraction of sp³-hybridized carbons (Fsp3) is 1.00. The second-order valence-electron chi connectivity index (χ2n) is 2.56. The van der Waals surface area contributed by atoms with E-state index in [-0.39, 0.29) is 16.3 Å². The molecule has 0 aromatic heterocycles. The molecule has 98 valence electrons. The minimum atomic E-state index is -2.84. The summed E-state index contributed by atoms with van der Waals surface area (Å²) >= 11 is 9.43. The van der Waals surface area contributed by atoms with Crippen molar-refractivity contribution in [3.05, 3.63) is 0 Å². The Kier molecular flexibility index (Phi) is 13.8. The van der Waals surface area contributed by atoms with Gasteiger partial charge in [0.1, 0.15) is 0 Å². The monoisotopic (exact) mass is 536 g/mol. The van der Waals surface area contributed by atoms with Crippen LogP contribution in [0.25, 0.3) is 0 Å². The van der Waals surface area contributed by atoms with Crippen LogP contribution in [0.2, 0.25) is 0 Å². The van der Waals surface area contributed by atoms with E-state index in [1.807, 2.05) is 20.8 Å². The van der Waals surface area contributed by atoms with Gasteiger partial charge in [-0.2, -0.15) is 0 Å². The Morgan fingerprint density at radius 2 is 1.00 bits per heavy atom. The summed E-state index contributed by atoms with van der Waals surface area (Å²) in [7, 11) is 4.00. The average Bonchev–Trinajstić information content (AvgIpc) is 2.28. The first kappa shape index (κ1) is 18.9. The molecule has 3 unspecified atom stereocenters. The van der Waals surface area contributed by atoms with Crippen LogP contribution in [0.5, 0.6) is 0 Å². The third-order valence-electron chi connectivity index (χ3n) is 1.15. The first-order chi connectivity index (χ1) is 7.53. The molecule has 0 amide bonds. The molecule has 16 heavy (non-hydrogen) atoms. The zero-order valence-electron chi connectivity index (χ0n) is 8.97. The summed E-state index contributed by atoms with van der Waals surface area (Å²) in [6, 6.07) is 0. The summed E-state index contributed by atoms with van der Waals surface area (Å²) in [6.07, 6.45) is 0. The van der Waals surface area contributed by atoms with Crippen LogP contribution < -0.4 is 0 Å². The van der Waals surface area contributed by atoms with Crippen LogP contribution in [0.3, 0.4) is 0 Å². The minimum absolute atomic E-state index is 0.0321. The van der Waals surface area contributed by atoms with Crippen molar-refractivity contribution < 1.29 is 8.44 Å². The number of rotatable bonds is 9. The van der Waals surface area contributed by atoms with Gasteiger partial charge in [0.25, 0.3) is 0 Å². The van der Waals surface area contributed by atoms with E-state index in [4.69, 9.17) is 8.44 Å². The van der Waals surface area contributed by atoms with E-state index in [0.29, 0.717) is 0 Å². The third kappa shape index (κ3) is 9.75. The van der Waals surface area contributed by atoms with Crippen LogP contribution >= 0.6 is 67.4 Å². The van der Waals surface area contributed by atoms with Gasteiger partial charge in [0, 0.05) is 0 Å². The molecule has 0 spiro atoms. The molecule has 0 saturated carbocycles. The predicted octanol–water partition coefficient (Wildman–Crippen LogP) is 3.79. The fourth-order valence-corrected chi connectivity index (χ4v) is 10.3. The summed E-state index contributed by atoms with van der Waals surface area (Å²) in [5, 5.41) is 0. The molecule has 0 aromatic carbocycles. The van der Waals surface area contributed by atoms with Crippen molar-refractivity contribution in [3.8, 4) is 0 Å². The molecule has 0 aliphatic heterocycles. The van der Waals surface area contributed by atoms with Crippen LogP contribution in [0, 0.1) is 0 Å². The molecule has 0 aliphatic carbocycles. The molecule has 0 N–H and O–H groups in total. The van der Waals surface area contributed by atoms with Crippen molar-refractivity contribution in [1.82, 2.24) is 0 Å². The van der Waals surface area contributed by atoms with Crippen molar-refractivity contribution in [3.63, 3.8) is 0 Å². The summed E-state index contributed by atoms with van der Waals surface area (Å²) < 4.78 is 17.1. The van der Waals surface area contributed by atoms with Gasteiger partial charge in [0.2, 0.25) is 0 Å². The predicted molar refractivity (Wildman–Crippen MR) is 87.1 cm³/mol. The first-order valence-corrected chi connectivity index (χ1v) is 14.3.